The van der Waals surface area contributed by atoms with Gasteiger partial charge in [-0.15, -0.1) is 0 Å². The molecule has 4 heterocycles. The van der Waals surface area contributed by atoms with Gasteiger partial charge in [0.2, 0.25) is 5.91 Å². The van der Waals surface area contributed by atoms with E-state index in [0.717, 1.165) is 30.9 Å². The van der Waals surface area contributed by atoms with Crippen molar-refractivity contribution >= 4 is 34.9 Å². The Balaban J connectivity index is 1.20. The Morgan fingerprint density at radius 1 is 1.09 bits per heavy atom. The second-order valence-corrected chi connectivity index (χ2v) is 10.7. The number of nitrogens with one attached hydrogen (secondary N) is 1. The first-order valence-electron chi connectivity index (χ1n) is 13.1. The highest BCUT2D eigenvalue weighted by Crippen LogP contribution is 2.48. The van der Waals surface area contributed by atoms with Crippen molar-refractivity contribution in [3.8, 4) is 11.3 Å². The number of aromatic nitrogens is 5. The number of carbonyl (C=O) groups excluding carboxylic acids is 2. The molecule has 1 aliphatic carbocycles. The highest BCUT2D eigenvalue weighted by atomic mass is 35.5. The van der Waals surface area contributed by atoms with Gasteiger partial charge in [0.25, 0.3) is 18.8 Å². The predicted molar refractivity (Wildman–Crippen MR) is 145 cm³/mol. The van der Waals surface area contributed by atoms with Crippen molar-refractivity contribution in [2.24, 2.45) is 11.8 Å². The van der Waals surface area contributed by atoms with Gasteiger partial charge in [-0.1, -0.05) is 17.7 Å². The van der Waals surface area contributed by atoms with Gasteiger partial charge < -0.3 is 5.32 Å². The fourth-order valence-corrected chi connectivity index (χ4v) is 5.30. The molecular weight excluding hydrogens is 597 g/mol. The molecule has 0 radical (unpaired) electrons. The van der Waals surface area contributed by atoms with Crippen LogP contribution < -0.4 is 10.2 Å². The second kappa shape index (κ2) is 11.0. The highest BCUT2D eigenvalue weighted by molar-refractivity contribution is 6.31. The van der Waals surface area contributed by atoms with Gasteiger partial charge in [-0.2, -0.15) is 5.10 Å². The highest BCUT2D eigenvalue weighted by Gasteiger charge is 2.53. The van der Waals surface area contributed by atoms with Crippen LogP contribution in [0, 0.1) is 17.7 Å². The molecule has 6 rings (SSSR count). The number of pyridine rings is 1. The lowest BCUT2D eigenvalue weighted by Gasteiger charge is -2.22. The Morgan fingerprint density at radius 3 is 2.56 bits per heavy atom. The standard InChI is InChI=1S/C28H21ClF5N7O2/c1-12(13-4-18(25(33)34)26(36-6-13)40-10-14-5-17(14)28(40)43)41-11-15(7-37-41)38-27(42)21-9-35-8-20(39-21)22-16(24(31)32)2-3-19(29)23(22)30/h2-4,6-9,11-12,14,17,24-25H,5,10H2,1H3,(H,38,42)/t12-,14+,17+/m0/s1. The number of halogens is 6. The first-order chi connectivity index (χ1) is 20.5. The summed E-state index contributed by atoms with van der Waals surface area (Å²) < 4.78 is 71.2. The fraction of sp³-hybridized carbons (Fsp3) is 0.286. The van der Waals surface area contributed by atoms with Crippen molar-refractivity contribution in [1.29, 1.82) is 0 Å². The lowest BCUT2D eigenvalue weighted by Crippen LogP contribution is -2.30. The molecule has 2 fully saturated rings. The molecule has 222 valence electrons. The van der Waals surface area contributed by atoms with Gasteiger partial charge in [0.1, 0.15) is 11.5 Å². The molecule has 1 aliphatic heterocycles. The zero-order valence-electron chi connectivity index (χ0n) is 22.2. The van der Waals surface area contributed by atoms with Crippen LogP contribution in [0.2, 0.25) is 5.02 Å². The fourth-order valence-electron chi connectivity index (χ4n) is 5.14. The number of benzene rings is 1. The number of hydrogen-bond acceptors (Lipinski definition) is 6. The van der Waals surface area contributed by atoms with E-state index in [1.165, 1.54) is 34.2 Å². The zero-order chi connectivity index (χ0) is 30.6. The van der Waals surface area contributed by atoms with Gasteiger partial charge in [0.15, 0.2) is 5.82 Å². The summed E-state index contributed by atoms with van der Waals surface area (Å²) in [7, 11) is 0. The minimum Gasteiger partial charge on any atom is -0.318 e. The van der Waals surface area contributed by atoms with Crippen LogP contribution in [0.3, 0.4) is 0 Å². The minimum absolute atomic E-state index is 0.0433. The number of alkyl halides is 4. The molecule has 1 N–H and O–H groups in total. The number of amides is 2. The summed E-state index contributed by atoms with van der Waals surface area (Å²) in [5, 5.41) is 6.34. The molecule has 15 heteroatoms. The second-order valence-electron chi connectivity index (χ2n) is 10.3. The van der Waals surface area contributed by atoms with E-state index >= 15 is 0 Å². The number of hydrogen-bond donors (Lipinski definition) is 1. The molecule has 9 nitrogen and oxygen atoms in total. The Bertz CT molecular complexity index is 1750. The molecule has 1 saturated heterocycles. The summed E-state index contributed by atoms with van der Waals surface area (Å²) >= 11 is 5.78. The third-order valence-corrected chi connectivity index (χ3v) is 7.85. The lowest BCUT2D eigenvalue weighted by molar-refractivity contribution is -0.118. The van der Waals surface area contributed by atoms with Gasteiger partial charge in [-0.05, 0) is 37.0 Å². The molecule has 0 unspecified atom stereocenters. The maximum Gasteiger partial charge on any atom is 0.275 e. The lowest BCUT2D eigenvalue weighted by atomic mass is 10.0. The van der Waals surface area contributed by atoms with E-state index in [9.17, 15) is 31.5 Å². The Kier molecular flexibility index (Phi) is 7.32. The molecule has 43 heavy (non-hydrogen) atoms. The van der Waals surface area contributed by atoms with Crippen LogP contribution in [0.25, 0.3) is 11.3 Å². The zero-order valence-corrected chi connectivity index (χ0v) is 22.9. The quantitative estimate of drug-likeness (QED) is 0.235. The molecule has 1 aromatic carbocycles. The molecule has 3 atom stereocenters. The normalized spacial score (nSPS) is 18.3. The SMILES string of the molecule is C[C@@H](c1cnc(N2C[C@H]3C[C@H]3C2=O)c(C(F)F)c1)n1cc(NC(=O)c2cncc(-c3c(C(F)F)ccc(Cl)c3F)n2)cn1. The number of nitrogens with zero attached hydrogens (tertiary/aromatic N) is 6. The van der Waals surface area contributed by atoms with E-state index in [4.69, 9.17) is 11.6 Å². The molecule has 2 amide bonds. The van der Waals surface area contributed by atoms with E-state index in [1.54, 1.807) is 6.92 Å². The summed E-state index contributed by atoms with van der Waals surface area (Å²) in [6.07, 6.45) is 1.15. The maximum absolute atomic E-state index is 14.7. The smallest absolute Gasteiger partial charge is 0.275 e. The monoisotopic (exact) mass is 617 g/mol. The van der Waals surface area contributed by atoms with Crippen molar-refractivity contribution in [1.82, 2.24) is 24.7 Å². The van der Waals surface area contributed by atoms with Crippen LogP contribution in [0.5, 0.6) is 0 Å². The number of carbonyl (C=O) groups is 2. The van der Waals surface area contributed by atoms with Crippen LogP contribution >= 0.6 is 11.6 Å². The topological polar surface area (TPSA) is 106 Å². The molecule has 0 bridgehead atoms. The summed E-state index contributed by atoms with van der Waals surface area (Å²) in [4.78, 5) is 38.7. The van der Waals surface area contributed by atoms with Crippen molar-refractivity contribution in [3.05, 3.63) is 82.4 Å². The molecule has 4 aromatic rings. The van der Waals surface area contributed by atoms with E-state index < -0.39 is 46.8 Å². The van der Waals surface area contributed by atoms with Crippen molar-refractivity contribution in [2.45, 2.75) is 32.2 Å². The van der Waals surface area contributed by atoms with Gasteiger partial charge >= 0.3 is 0 Å². The van der Waals surface area contributed by atoms with E-state index in [-0.39, 0.29) is 46.2 Å². The van der Waals surface area contributed by atoms with Gasteiger partial charge in [0, 0.05) is 36.0 Å². The minimum atomic E-state index is -3.04. The number of piperidine rings is 1. The largest absolute Gasteiger partial charge is 0.318 e. The summed E-state index contributed by atoms with van der Waals surface area (Å²) in [6.45, 7) is 2.07. The number of fused-ring (bicyclic) bond motifs is 1. The number of anilines is 2. The van der Waals surface area contributed by atoms with Crippen LogP contribution in [-0.2, 0) is 4.79 Å². The molecule has 3 aromatic heterocycles. The Hall–Kier alpha value is -4.46. The Morgan fingerprint density at radius 2 is 1.86 bits per heavy atom. The average molecular weight is 618 g/mol. The van der Waals surface area contributed by atoms with Crippen LogP contribution in [0.1, 0.15) is 59.4 Å². The first kappa shape index (κ1) is 28.6. The van der Waals surface area contributed by atoms with Crippen LogP contribution in [-0.4, -0.2) is 43.1 Å². The average Bonchev–Trinajstić information content (AvgIpc) is 3.49. The maximum atomic E-state index is 14.7. The van der Waals surface area contributed by atoms with Crippen LogP contribution in [0.15, 0.2) is 49.2 Å². The summed E-state index contributed by atoms with van der Waals surface area (Å²) in [6, 6.07) is 2.67. The van der Waals surface area contributed by atoms with E-state index in [1.807, 2.05) is 0 Å². The summed E-state index contributed by atoms with van der Waals surface area (Å²) in [5.41, 5.74) is -1.60. The molecule has 2 aliphatic rings. The molecular formula is C28H21ClF5N7O2. The third kappa shape index (κ3) is 5.31. The van der Waals surface area contributed by atoms with Crippen molar-refractivity contribution in [2.75, 3.05) is 16.8 Å². The van der Waals surface area contributed by atoms with E-state index in [0.29, 0.717) is 12.1 Å². The molecule has 0 spiro atoms. The van der Waals surface area contributed by atoms with Gasteiger partial charge in [0.05, 0.1) is 46.6 Å². The van der Waals surface area contributed by atoms with Gasteiger partial charge in [-0.3, -0.25) is 24.2 Å². The van der Waals surface area contributed by atoms with Crippen molar-refractivity contribution in [3.63, 3.8) is 0 Å². The molecule has 1 saturated carbocycles. The predicted octanol–water partition coefficient (Wildman–Crippen LogP) is 6.25. The first-order valence-corrected chi connectivity index (χ1v) is 13.4. The summed E-state index contributed by atoms with van der Waals surface area (Å²) in [5.74, 6) is -2.05. The van der Waals surface area contributed by atoms with Gasteiger partial charge in [-0.25, -0.2) is 31.9 Å². The number of rotatable bonds is 8. The Labute approximate surface area is 245 Å². The van der Waals surface area contributed by atoms with E-state index in [2.05, 4.69) is 25.4 Å². The van der Waals surface area contributed by atoms with Crippen molar-refractivity contribution < 1.29 is 31.5 Å². The third-order valence-electron chi connectivity index (χ3n) is 7.55. The van der Waals surface area contributed by atoms with Crippen LogP contribution in [0.4, 0.5) is 33.5 Å².